The first-order valence-electron chi connectivity index (χ1n) is 42.9. The van der Waals surface area contributed by atoms with Crippen LogP contribution in [0.2, 0.25) is 15.1 Å². The number of carbonyl (C=O) groups excluding carboxylic acids is 4. The van der Waals surface area contributed by atoms with Gasteiger partial charge in [0.2, 0.25) is 0 Å². The number of carboxylic acids is 3. The van der Waals surface area contributed by atoms with Gasteiger partial charge in [-0.05, 0) is 197 Å². The molecule has 0 aromatic heterocycles. The largest absolute Gasteiger partial charge is 0.507 e. The standard InChI is InChI=1S/C31H24ClNO6.C19H16ClNO4.C14H14O4.C13H12O4.C12H10O3.C11H8O3.C6H6ClNO.CHCl3.2CH2Cl2/c1-36-18-38-28-16-22-10-6-3-7-19(22)13-24(28)30(34)33-26-12-11-23(32)17-29(26)39-31(35)25-14-20-8-4-5-9-21(20)15-27(25)37-2;1-24-11-25-18-9-13-5-3-2-4-12(13)8-15(18)19(23)21-16-7-6-14(20)10-17(16)22;1-16-9-18-13-8-11-6-4-3-5-10(11)7-12(13)14(15)17-2;1-16-8-17-12-7-10-5-3-2-4-9(10)6-11(12)13(14)15;1-15-11-7-9-5-3-2-4-8(9)6-10(11)12(13)14;12-10-6-8-4-2-1-3-7(8)5-9(10)11(13)14;7-4-1-2-5(8)6(9)3-4;2-1(3)4;2*2-1-3/h3-17H,18H2,1-2H3,(H,33,34);2-10,22H,11H2,1H3,(H,21,23);3-8H,9H2,1-2H3;2-7H,8H2,1H3,(H,14,15);2-7H,1H3,(H,13,14);1-6,12H,(H,13,14);1-3,9H,8H2;1H;2*1H2. The van der Waals surface area contributed by atoms with Crippen LogP contribution in [0.3, 0.4) is 0 Å². The minimum atomic E-state index is -1.12. The molecule has 10 N–H and O–H groups in total. The molecule has 0 radical (unpaired) electrons. The lowest BCUT2D eigenvalue weighted by molar-refractivity contribution is 0.0463. The molecule has 0 aliphatic rings. The average Bonchev–Trinajstić information content (AvgIpc) is 0.801. The second-order valence-corrected chi connectivity index (χ2v) is 34.6. The predicted molar refractivity (Wildman–Crippen MR) is 582 cm³/mol. The van der Waals surface area contributed by atoms with Crippen LogP contribution in [0.15, 0.2) is 309 Å². The monoisotopic (exact) mass is 2200 g/mol. The van der Waals surface area contributed by atoms with Crippen LogP contribution < -0.4 is 49.5 Å². The van der Waals surface area contributed by atoms with Gasteiger partial charge in [0, 0.05) is 61.7 Å². The van der Waals surface area contributed by atoms with Gasteiger partial charge >= 0.3 is 29.8 Å². The molecule has 0 saturated carbocycles. The number of phenols is 3. The van der Waals surface area contributed by atoms with E-state index in [0.29, 0.717) is 66.4 Å². The van der Waals surface area contributed by atoms with Gasteiger partial charge in [-0.1, -0.05) is 239 Å². The molecule has 0 atom stereocenters. The third kappa shape index (κ3) is 36.0. The summed E-state index contributed by atoms with van der Waals surface area (Å²) in [7, 11) is 10.3. The summed E-state index contributed by atoms with van der Waals surface area (Å²) >= 11 is 51.0. The number of nitrogen functional groups attached to an aromatic ring is 1. The topological polar surface area (TPSA) is 402 Å². The molecule has 0 aliphatic carbocycles. The van der Waals surface area contributed by atoms with Gasteiger partial charge in [-0.25, -0.2) is 24.0 Å². The first-order valence-corrected chi connectivity index (χ1v) is 47.5. The number of benzene rings is 17. The molecule has 0 unspecified atom stereocenters. The van der Waals surface area contributed by atoms with Crippen LogP contribution in [0.4, 0.5) is 17.1 Å². The highest BCUT2D eigenvalue weighted by molar-refractivity contribution is 6.63. The molecule has 17 rings (SSSR count). The maximum Gasteiger partial charge on any atom is 0.347 e. The molecule has 28 nitrogen and oxygen atoms in total. The van der Waals surface area contributed by atoms with Crippen molar-refractivity contribution in [3.05, 3.63) is 363 Å². The van der Waals surface area contributed by atoms with Gasteiger partial charge in [-0.15, -0.1) is 46.4 Å². The minimum absolute atomic E-state index is 0.0187. The molecule has 147 heavy (non-hydrogen) atoms. The molecule has 17 aromatic rings. The van der Waals surface area contributed by atoms with E-state index >= 15 is 0 Å². The molecule has 2 amide bonds. The fraction of sp³-hybridized carbons (Fsp3) is 0.128. The summed E-state index contributed by atoms with van der Waals surface area (Å²) in [5, 5.41) is 74.8. The molecule has 0 aliphatic heterocycles. The van der Waals surface area contributed by atoms with Gasteiger partial charge in [0.1, 0.15) is 79.6 Å². The number of carboxylic acid groups (broad SMARTS) is 3. The summed E-state index contributed by atoms with van der Waals surface area (Å²) in [6.07, 6.45) is 0. The lowest BCUT2D eigenvalue weighted by atomic mass is 10.1. The lowest BCUT2D eigenvalue weighted by Crippen LogP contribution is -2.17. The Balaban J connectivity index is 0.000000214. The summed E-state index contributed by atoms with van der Waals surface area (Å²) in [6, 6.07) is 90.3. The van der Waals surface area contributed by atoms with Gasteiger partial charge in [0.05, 0.1) is 60.2 Å². The fourth-order valence-corrected chi connectivity index (χ4v) is 14.0. The van der Waals surface area contributed by atoms with E-state index in [-0.39, 0.29) is 100 Å². The highest BCUT2D eigenvalue weighted by atomic mass is 35.6. The van der Waals surface area contributed by atoms with E-state index < -0.39 is 46.0 Å². The van der Waals surface area contributed by atoms with Crippen molar-refractivity contribution in [3.8, 4) is 57.5 Å². The number of hydrogen-bond donors (Lipinski definition) is 9. The van der Waals surface area contributed by atoms with Crippen LogP contribution in [0.1, 0.15) is 72.5 Å². The van der Waals surface area contributed by atoms with Gasteiger partial charge in [-0.3, -0.25) is 9.59 Å². The van der Waals surface area contributed by atoms with Crippen molar-refractivity contribution in [3.63, 3.8) is 0 Å². The molecule has 0 heterocycles. The smallest absolute Gasteiger partial charge is 0.347 e. The number of aromatic carboxylic acids is 3. The number of anilines is 3. The van der Waals surface area contributed by atoms with Crippen LogP contribution in [0, 0.1) is 0 Å². The van der Waals surface area contributed by atoms with Gasteiger partial charge in [-0.2, -0.15) is 0 Å². The number of aromatic hydroxyl groups is 3. The zero-order valence-electron chi connectivity index (χ0n) is 79.1. The third-order valence-corrected chi connectivity index (χ3v) is 20.8. The van der Waals surface area contributed by atoms with E-state index in [1.54, 1.807) is 109 Å². The number of ether oxygens (including phenoxy) is 12. The van der Waals surface area contributed by atoms with E-state index in [4.69, 9.17) is 199 Å². The van der Waals surface area contributed by atoms with Gasteiger partial charge in [0.25, 0.3) is 11.8 Å². The Kier molecular flexibility index (Phi) is 49.0. The number of phenolic OH excluding ortho intramolecular Hbond substituents is 2. The Morgan fingerprint density at radius 3 is 0.837 bits per heavy atom. The fourth-order valence-electron chi connectivity index (χ4n) is 13.5. The zero-order valence-corrected chi connectivity index (χ0v) is 86.6. The minimum Gasteiger partial charge on any atom is -0.507 e. The summed E-state index contributed by atoms with van der Waals surface area (Å²) < 4.78 is 61.7. The maximum atomic E-state index is 13.5. The van der Waals surface area contributed by atoms with Crippen molar-refractivity contribution < 1.29 is 121 Å². The van der Waals surface area contributed by atoms with Crippen LogP contribution in [-0.2, 0) is 23.7 Å². The number of hydrogen-bond acceptors (Lipinski definition) is 23. The van der Waals surface area contributed by atoms with Gasteiger partial charge in [0.15, 0.2) is 37.2 Å². The third-order valence-electron chi connectivity index (χ3n) is 20.1. The number of halogens is 10. The molecule has 766 valence electrons. The number of amides is 2. The second-order valence-electron chi connectivity index (χ2n) is 29.7. The van der Waals surface area contributed by atoms with E-state index in [1.807, 2.05) is 164 Å². The summed E-state index contributed by atoms with van der Waals surface area (Å²) in [5.74, 6) is -2.98. The SMILES string of the molecule is COCOc1cc2ccccc2cc1C(=O)Nc1ccc(Cl)cc1O.COCOc1cc2ccccc2cc1C(=O)Nc1ccc(Cl)cc1OC(=O)c1cc2ccccc2cc1OC.COCOc1cc2ccccc2cc1C(=O)O.COCOc1cc2ccccc2cc1C(=O)OC.COc1cc2ccccc2cc1C(=O)O.ClC(Cl)Cl.ClCCl.ClCCl.Nc1ccc(Cl)cc1O.O=C(O)c1cc2ccccc2cc1O. The predicted octanol–water partition coefficient (Wildman–Crippen LogP) is 27.9. The van der Waals surface area contributed by atoms with Crippen molar-refractivity contribution in [1.82, 2.24) is 0 Å². The molecule has 38 heteroatoms. The average molecular weight is 2200 g/mol. The Labute approximate surface area is 893 Å². The Morgan fingerprint density at radius 2 is 0.531 bits per heavy atom. The number of fused-ring (bicyclic) bond motifs is 7. The van der Waals surface area contributed by atoms with Crippen molar-refractivity contribution in [2.45, 2.75) is 4.30 Å². The van der Waals surface area contributed by atoms with Crippen molar-refractivity contribution in [2.24, 2.45) is 0 Å². The molecule has 0 bridgehead atoms. The molecule has 0 fully saturated rings. The highest BCUT2D eigenvalue weighted by Gasteiger charge is 2.24. The summed E-state index contributed by atoms with van der Waals surface area (Å²) in [4.78, 5) is 83.9. The van der Waals surface area contributed by atoms with Crippen molar-refractivity contribution >= 4 is 250 Å². The van der Waals surface area contributed by atoms with E-state index in [1.165, 1.54) is 86.2 Å². The number of nitrogens with two attached hydrogens (primary N) is 1. The molecular weight excluding hydrogens is 2110 g/mol. The van der Waals surface area contributed by atoms with Crippen LogP contribution >= 0.6 is 116 Å². The number of methoxy groups -OCH3 is 7. The zero-order chi connectivity index (χ0) is 107. The number of alkyl halides is 7. The molecular formula is C109H95Cl10N3O25. The second kappa shape index (κ2) is 61.1. The first kappa shape index (κ1) is 118. The first-order chi connectivity index (χ1) is 70.7. The summed E-state index contributed by atoms with van der Waals surface area (Å²) in [5.41, 5.74) is 7.66. The van der Waals surface area contributed by atoms with Gasteiger partial charge < -0.3 is 104 Å². The van der Waals surface area contributed by atoms with Crippen molar-refractivity contribution in [2.75, 3.05) is 104 Å². The van der Waals surface area contributed by atoms with Crippen LogP contribution in [0.25, 0.3) is 75.4 Å². The quantitative estimate of drug-likeness (QED) is 0.00677. The molecule has 17 aromatic carbocycles. The highest BCUT2D eigenvalue weighted by Crippen LogP contribution is 2.38. The maximum absolute atomic E-state index is 13.5. The summed E-state index contributed by atoms with van der Waals surface area (Å²) in [6.45, 7) is 0.0990. The number of esters is 2. The Hall–Kier alpha value is -14.4. The van der Waals surface area contributed by atoms with Crippen LogP contribution in [-0.4, -0.2) is 164 Å². The lowest BCUT2D eigenvalue weighted by Gasteiger charge is -2.16. The molecule has 0 saturated heterocycles. The van der Waals surface area contributed by atoms with E-state index in [0.717, 1.165) is 75.4 Å². The molecule has 0 spiro atoms. The Morgan fingerprint density at radius 1 is 0.286 bits per heavy atom. The number of rotatable bonds is 24. The Bertz CT molecular complexity index is 7370. The number of carbonyl (C=O) groups is 7. The number of nitrogens with one attached hydrogen (secondary N) is 2. The van der Waals surface area contributed by atoms with Crippen molar-refractivity contribution in [1.29, 1.82) is 0 Å². The van der Waals surface area contributed by atoms with Crippen LogP contribution in [0.5, 0.6) is 57.5 Å². The van der Waals surface area contributed by atoms with E-state index in [9.17, 15) is 43.8 Å². The van der Waals surface area contributed by atoms with E-state index in [2.05, 4.69) is 10.6 Å². The normalized spacial score (nSPS) is 10.2.